The van der Waals surface area contributed by atoms with Crippen LogP contribution in [-0.4, -0.2) is 17.5 Å². The van der Waals surface area contributed by atoms with E-state index in [1.807, 2.05) is 6.07 Å². The third-order valence-electron chi connectivity index (χ3n) is 3.16. The highest BCUT2D eigenvalue weighted by molar-refractivity contribution is 5.64. The van der Waals surface area contributed by atoms with Crippen molar-refractivity contribution in [3.05, 3.63) is 28.3 Å². The van der Waals surface area contributed by atoms with E-state index in [0.717, 1.165) is 25.1 Å². The Morgan fingerprint density at radius 2 is 2.29 bits per heavy atom. The van der Waals surface area contributed by atoms with Gasteiger partial charge in [0.05, 0.1) is 10.6 Å². The van der Waals surface area contributed by atoms with Gasteiger partial charge in [0.1, 0.15) is 0 Å². The number of non-ortho nitro benzene ring substituents is 1. The van der Waals surface area contributed by atoms with Crippen LogP contribution in [0.4, 0.5) is 17.1 Å². The molecule has 1 unspecified atom stereocenters. The average Bonchev–Trinajstić information content (AvgIpc) is 2.74. The van der Waals surface area contributed by atoms with Crippen molar-refractivity contribution in [1.82, 2.24) is 0 Å². The van der Waals surface area contributed by atoms with Crippen molar-refractivity contribution < 1.29 is 4.92 Å². The molecule has 1 atom stereocenters. The molecule has 92 valence electrons. The highest BCUT2D eigenvalue weighted by atomic mass is 16.6. The van der Waals surface area contributed by atoms with E-state index in [4.69, 9.17) is 5.84 Å². The SMILES string of the molecule is CC1CCCN1c1cc(NN)cc([N+](=O)[O-])c1. The van der Waals surface area contributed by atoms with Crippen molar-refractivity contribution in [2.24, 2.45) is 5.84 Å². The molecule has 6 heteroatoms. The molecule has 1 fully saturated rings. The Balaban J connectivity index is 2.38. The number of benzene rings is 1. The molecule has 0 radical (unpaired) electrons. The second-order valence-corrected chi connectivity index (χ2v) is 4.32. The molecular formula is C11H16N4O2. The normalized spacial score (nSPS) is 19.4. The number of nitro benzene ring substituents is 1. The number of hydrogen-bond acceptors (Lipinski definition) is 5. The van der Waals surface area contributed by atoms with Gasteiger partial charge in [-0.2, -0.15) is 0 Å². The van der Waals surface area contributed by atoms with Crippen molar-refractivity contribution in [3.63, 3.8) is 0 Å². The first-order valence-electron chi connectivity index (χ1n) is 5.64. The van der Waals surface area contributed by atoms with Gasteiger partial charge in [0.2, 0.25) is 0 Å². The maximum absolute atomic E-state index is 10.8. The summed E-state index contributed by atoms with van der Waals surface area (Å²) in [6.45, 7) is 3.06. The zero-order chi connectivity index (χ0) is 12.4. The molecule has 0 amide bonds. The van der Waals surface area contributed by atoms with Crippen LogP contribution in [-0.2, 0) is 0 Å². The molecule has 3 N–H and O–H groups in total. The Kier molecular flexibility index (Phi) is 3.14. The molecule has 1 aromatic rings. The third kappa shape index (κ3) is 2.31. The fourth-order valence-corrected chi connectivity index (χ4v) is 2.27. The molecular weight excluding hydrogens is 220 g/mol. The van der Waals surface area contributed by atoms with Gasteiger partial charge in [0.25, 0.3) is 5.69 Å². The number of anilines is 2. The number of nitrogens with two attached hydrogens (primary N) is 1. The van der Waals surface area contributed by atoms with Gasteiger partial charge in [-0.3, -0.25) is 16.0 Å². The molecule has 0 aromatic heterocycles. The van der Waals surface area contributed by atoms with Gasteiger partial charge in [0, 0.05) is 30.4 Å². The smallest absolute Gasteiger partial charge is 0.273 e. The molecule has 0 spiro atoms. The largest absolute Gasteiger partial charge is 0.369 e. The summed E-state index contributed by atoms with van der Waals surface area (Å²) in [5.74, 6) is 5.33. The monoisotopic (exact) mass is 236 g/mol. The molecule has 1 aliphatic heterocycles. The minimum absolute atomic E-state index is 0.0644. The fraction of sp³-hybridized carbons (Fsp3) is 0.455. The second kappa shape index (κ2) is 4.58. The zero-order valence-electron chi connectivity index (χ0n) is 9.72. The topological polar surface area (TPSA) is 84.4 Å². The van der Waals surface area contributed by atoms with Crippen molar-refractivity contribution in [3.8, 4) is 0 Å². The first-order valence-corrected chi connectivity index (χ1v) is 5.64. The molecule has 1 saturated heterocycles. The van der Waals surface area contributed by atoms with Crippen LogP contribution in [0.25, 0.3) is 0 Å². The van der Waals surface area contributed by atoms with Gasteiger partial charge in [0.15, 0.2) is 0 Å². The predicted octanol–water partition coefficient (Wildman–Crippen LogP) is 1.87. The minimum Gasteiger partial charge on any atom is -0.369 e. The van der Waals surface area contributed by atoms with Crippen LogP contribution in [0.1, 0.15) is 19.8 Å². The first kappa shape index (κ1) is 11.7. The van der Waals surface area contributed by atoms with Crippen molar-refractivity contribution in [2.45, 2.75) is 25.8 Å². The van der Waals surface area contributed by atoms with E-state index in [-0.39, 0.29) is 5.69 Å². The molecule has 1 heterocycles. The van der Waals surface area contributed by atoms with Crippen LogP contribution < -0.4 is 16.2 Å². The number of rotatable bonds is 3. The molecule has 1 aromatic carbocycles. The van der Waals surface area contributed by atoms with Crippen LogP contribution in [0, 0.1) is 10.1 Å². The highest BCUT2D eigenvalue weighted by Gasteiger charge is 2.22. The Morgan fingerprint density at radius 1 is 1.53 bits per heavy atom. The molecule has 2 rings (SSSR count). The summed E-state index contributed by atoms with van der Waals surface area (Å²) in [7, 11) is 0. The van der Waals surface area contributed by atoms with Crippen LogP contribution >= 0.6 is 0 Å². The zero-order valence-corrected chi connectivity index (χ0v) is 9.72. The molecule has 0 saturated carbocycles. The third-order valence-corrected chi connectivity index (χ3v) is 3.16. The van der Waals surface area contributed by atoms with Crippen molar-refractivity contribution >= 4 is 17.1 Å². The van der Waals surface area contributed by atoms with Gasteiger partial charge in [-0.15, -0.1) is 0 Å². The van der Waals surface area contributed by atoms with E-state index in [2.05, 4.69) is 17.2 Å². The summed E-state index contributed by atoms with van der Waals surface area (Å²) in [6, 6.07) is 5.30. The Morgan fingerprint density at radius 3 is 2.82 bits per heavy atom. The summed E-state index contributed by atoms with van der Waals surface area (Å²) in [4.78, 5) is 12.6. The van der Waals surface area contributed by atoms with Crippen molar-refractivity contribution in [2.75, 3.05) is 16.9 Å². The van der Waals surface area contributed by atoms with E-state index in [1.165, 1.54) is 6.07 Å². The summed E-state index contributed by atoms with van der Waals surface area (Å²) in [6.07, 6.45) is 2.24. The Hall–Kier alpha value is -1.82. The standard InChI is InChI=1S/C11H16N4O2/c1-8-3-2-4-14(8)10-5-9(13-12)6-11(7-10)15(16)17/h5-8,13H,2-4,12H2,1H3. The summed E-state index contributed by atoms with van der Waals surface area (Å²) in [5, 5.41) is 10.8. The van der Waals surface area contributed by atoms with E-state index in [1.54, 1.807) is 6.07 Å². The lowest BCUT2D eigenvalue weighted by Gasteiger charge is -2.24. The van der Waals surface area contributed by atoms with E-state index >= 15 is 0 Å². The van der Waals surface area contributed by atoms with E-state index in [9.17, 15) is 10.1 Å². The summed E-state index contributed by atoms with van der Waals surface area (Å²) < 4.78 is 0. The lowest BCUT2D eigenvalue weighted by molar-refractivity contribution is -0.384. The van der Waals surface area contributed by atoms with Crippen LogP contribution in [0.3, 0.4) is 0 Å². The maximum Gasteiger partial charge on any atom is 0.273 e. The number of nitrogen functional groups attached to an aromatic ring is 1. The Labute approximate surface area is 99.5 Å². The average molecular weight is 236 g/mol. The first-order chi connectivity index (χ1) is 8.11. The van der Waals surface area contributed by atoms with Crippen LogP contribution in [0.15, 0.2) is 18.2 Å². The van der Waals surface area contributed by atoms with Crippen molar-refractivity contribution in [1.29, 1.82) is 0 Å². The molecule has 0 aliphatic carbocycles. The van der Waals surface area contributed by atoms with Gasteiger partial charge >= 0.3 is 0 Å². The van der Waals surface area contributed by atoms with Gasteiger partial charge in [-0.1, -0.05) is 0 Å². The number of nitrogens with one attached hydrogen (secondary N) is 1. The van der Waals surface area contributed by atoms with Crippen LogP contribution in [0.2, 0.25) is 0 Å². The van der Waals surface area contributed by atoms with E-state index in [0.29, 0.717) is 11.7 Å². The van der Waals surface area contributed by atoms with Crippen LogP contribution in [0.5, 0.6) is 0 Å². The number of hydrazine groups is 1. The predicted molar refractivity (Wildman–Crippen MR) is 66.9 cm³/mol. The second-order valence-electron chi connectivity index (χ2n) is 4.32. The summed E-state index contributed by atoms with van der Waals surface area (Å²) in [5.41, 5.74) is 3.96. The minimum atomic E-state index is -0.398. The molecule has 0 bridgehead atoms. The number of hydrogen-bond donors (Lipinski definition) is 2. The van der Waals surface area contributed by atoms with Gasteiger partial charge < -0.3 is 10.3 Å². The maximum atomic E-state index is 10.8. The lowest BCUT2D eigenvalue weighted by atomic mass is 10.2. The fourth-order valence-electron chi connectivity index (χ4n) is 2.27. The quantitative estimate of drug-likeness (QED) is 0.475. The number of nitro groups is 1. The summed E-state index contributed by atoms with van der Waals surface area (Å²) >= 11 is 0. The molecule has 17 heavy (non-hydrogen) atoms. The van der Waals surface area contributed by atoms with E-state index < -0.39 is 4.92 Å². The molecule has 1 aliphatic rings. The Bertz CT molecular complexity index is 435. The highest BCUT2D eigenvalue weighted by Crippen LogP contribution is 2.31. The van der Waals surface area contributed by atoms with Gasteiger partial charge in [-0.05, 0) is 25.8 Å². The number of nitrogens with zero attached hydrogens (tertiary/aromatic N) is 2. The molecule has 6 nitrogen and oxygen atoms in total. The lowest BCUT2D eigenvalue weighted by Crippen LogP contribution is -2.26. The van der Waals surface area contributed by atoms with Gasteiger partial charge in [-0.25, -0.2) is 0 Å².